The third kappa shape index (κ3) is 3.91. The van der Waals surface area contributed by atoms with Gasteiger partial charge in [0, 0.05) is 26.2 Å². The molecule has 0 unspecified atom stereocenters. The van der Waals surface area contributed by atoms with E-state index in [1.165, 1.54) is 28.1 Å². The fraction of sp³-hybridized carbons (Fsp3) is 0.316. The van der Waals surface area contributed by atoms with Gasteiger partial charge in [-0.25, -0.2) is 13.2 Å². The van der Waals surface area contributed by atoms with Gasteiger partial charge >= 0.3 is 5.76 Å². The number of rotatable bonds is 5. The molecule has 2 heterocycles. The van der Waals surface area contributed by atoms with E-state index in [2.05, 4.69) is 0 Å². The lowest BCUT2D eigenvalue weighted by Gasteiger charge is -2.32. The van der Waals surface area contributed by atoms with Gasteiger partial charge in [0.25, 0.3) is 0 Å². The first-order valence-corrected chi connectivity index (χ1v) is 10.8. The molecule has 0 spiro atoms. The number of halogens is 1. The number of para-hydroxylation sites is 1. The highest BCUT2D eigenvalue weighted by Gasteiger charge is 2.33. The smallest absolute Gasteiger partial charge is 0.419 e. The van der Waals surface area contributed by atoms with Crippen molar-refractivity contribution < 1.29 is 22.3 Å². The molecule has 1 atom stereocenters. The molecule has 1 aliphatic rings. The molecule has 1 aliphatic heterocycles. The number of sulfonamides is 1. The average molecular weight is 439 g/mol. The van der Waals surface area contributed by atoms with Gasteiger partial charge in [-0.2, -0.15) is 4.31 Å². The molecule has 0 radical (unpaired) electrons. The second-order valence-electron chi connectivity index (χ2n) is 6.66. The molecule has 29 heavy (non-hydrogen) atoms. The quantitative estimate of drug-likeness (QED) is 0.606. The van der Waals surface area contributed by atoms with Gasteiger partial charge in [-0.3, -0.25) is 4.57 Å². The molecule has 3 aromatic rings. The van der Waals surface area contributed by atoms with Crippen LogP contribution in [0.25, 0.3) is 11.1 Å². The number of fused-ring (bicyclic) bond motifs is 1. The summed E-state index contributed by atoms with van der Waals surface area (Å²) in [5, 5.41) is 0.0254. The van der Waals surface area contributed by atoms with Crippen LogP contribution < -0.4 is 10.5 Å². The van der Waals surface area contributed by atoms with E-state index in [-0.39, 0.29) is 41.8 Å². The number of ether oxygens (including phenoxy) is 2. The number of aryl methyl sites for hydroxylation is 1. The van der Waals surface area contributed by atoms with Crippen molar-refractivity contribution >= 4 is 32.7 Å². The minimum atomic E-state index is -3.91. The van der Waals surface area contributed by atoms with Crippen molar-refractivity contribution in [1.82, 2.24) is 8.87 Å². The van der Waals surface area contributed by atoms with Gasteiger partial charge in [0.05, 0.1) is 17.1 Å². The Hall–Kier alpha value is -2.33. The zero-order valence-electron chi connectivity index (χ0n) is 15.6. The van der Waals surface area contributed by atoms with Crippen molar-refractivity contribution in [1.29, 1.82) is 0 Å². The summed E-state index contributed by atoms with van der Waals surface area (Å²) in [4.78, 5) is 11.6. The molecule has 0 saturated carbocycles. The van der Waals surface area contributed by atoms with Crippen LogP contribution in [0, 0.1) is 0 Å². The molecular weight excluding hydrogens is 420 g/mol. The minimum absolute atomic E-state index is 0.0254. The van der Waals surface area contributed by atoms with Gasteiger partial charge in [-0.15, -0.1) is 0 Å². The predicted molar refractivity (Wildman–Crippen MR) is 107 cm³/mol. The third-order valence-corrected chi connectivity index (χ3v) is 7.07. The van der Waals surface area contributed by atoms with Gasteiger partial charge in [0.1, 0.15) is 23.4 Å². The van der Waals surface area contributed by atoms with E-state index in [1.54, 1.807) is 0 Å². The summed E-state index contributed by atoms with van der Waals surface area (Å²) >= 11 is 6.25. The van der Waals surface area contributed by atoms with E-state index in [0.717, 1.165) is 0 Å². The first-order valence-electron chi connectivity index (χ1n) is 8.95. The molecule has 0 bridgehead atoms. The molecule has 2 aromatic carbocycles. The summed E-state index contributed by atoms with van der Waals surface area (Å²) in [6.07, 6.45) is -0.420. The van der Waals surface area contributed by atoms with Crippen LogP contribution in [0.4, 0.5) is 0 Å². The topological polar surface area (TPSA) is 91.0 Å². The van der Waals surface area contributed by atoms with Gasteiger partial charge in [0.2, 0.25) is 10.0 Å². The predicted octanol–water partition coefficient (Wildman–Crippen LogP) is 2.25. The standard InChI is InChI=1S/C19H19ClN2O6S/c1-21-16-9-15(20)18(10-17(16)28-19(21)23)29(24,25)22-7-8-26-14(11-22)12-27-13-5-3-2-4-6-13/h2-6,9-10,14H,7-8,11-12H2,1H3/t14-/m0/s1. The monoisotopic (exact) mass is 438 g/mol. The number of benzene rings is 2. The van der Waals surface area contributed by atoms with Crippen molar-refractivity contribution in [2.45, 2.75) is 11.0 Å². The fourth-order valence-corrected chi connectivity index (χ4v) is 5.15. The van der Waals surface area contributed by atoms with Crippen LogP contribution in [-0.2, 0) is 21.8 Å². The lowest BCUT2D eigenvalue weighted by molar-refractivity contribution is -0.0249. The largest absolute Gasteiger partial charge is 0.491 e. The zero-order chi connectivity index (χ0) is 20.6. The summed E-state index contributed by atoms with van der Waals surface area (Å²) < 4.78 is 45.4. The number of aromatic nitrogens is 1. The molecule has 1 fully saturated rings. The van der Waals surface area contributed by atoms with Gasteiger partial charge in [-0.05, 0) is 18.2 Å². The molecule has 0 aliphatic carbocycles. The third-order valence-electron chi connectivity index (χ3n) is 4.74. The molecule has 10 heteroatoms. The number of hydrogen-bond donors (Lipinski definition) is 0. The Balaban J connectivity index is 1.56. The normalized spacial score (nSPS) is 18.2. The number of hydrogen-bond acceptors (Lipinski definition) is 6. The Morgan fingerprint density at radius 1 is 1.24 bits per heavy atom. The summed E-state index contributed by atoms with van der Waals surface area (Å²) in [7, 11) is -2.38. The van der Waals surface area contributed by atoms with Crippen LogP contribution >= 0.6 is 11.6 Å². The van der Waals surface area contributed by atoms with Crippen LogP contribution in [0.1, 0.15) is 0 Å². The first-order chi connectivity index (χ1) is 13.9. The van der Waals surface area contributed by atoms with Crippen LogP contribution in [-0.4, -0.2) is 49.7 Å². The van der Waals surface area contributed by atoms with Crippen molar-refractivity contribution in [3.8, 4) is 5.75 Å². The van der Waals surface area contributed by atoms with E-state index < -0.39 is 21.9 Å². The Bertz CT molecular complexity index is 1190. The highest BCUT2D eigenvalue weighted by atomic mass is 35.5. The maximum Gasteiger partial charge on any atom is 0.419 e. The summed E-state index contributed by atoms with van der Waals surface area (Å²) in [5.41, 5.74) is 0.591. The zero-order valence-corrected chi connectivity index (χ0v) is 17.1. The van der Waals surface area contributed by atoms with Crippen LogP contribution in [0.5, 0.6) is 5.75 Å². The lowest BCUT2D eigenvalue weighted by Crippen LogP contribution is -2.47. The Kier molecular flexibility index (Phi) is 5.39. The second-order valence-corrected chi connectivity index (χ2v) is 8.97. The van der Waals surface area contributed by atoms with E-state index in [0.29, 0.717) is 11.3 Å². The molecular formula is C19H19ClN2O6S. The minimum Gasteiger partial charge on any atom is -0.491 e. The summed E-state index contributed by atoms with van der Waals surface area (Å²) in [6.45, 7) is 0.776. The molecule has 4 rings (SSSR count). The van der Waals surface area contributed by atoms with E-state index in [1.807, 2.05) is 30.3 Å². The summed E-state index contributed by atoms with van der Waals surface area (Å²) in [6, 6.07) is 11.9. The van der Waals surface area contributed by atoms with Crippen molar-refractivity contribution in [2.24, 2.45) is 7.05 Å². The number of nitrogens with zero attached hydrogens (tertiary/aromatic N) is 2. The molecule has 1 aromatic heterocycles. The SMILES string of the molecule is Cn1c(=O)oc2cc(S(=O)(=O)N3CCO[C@H](COc4ccccc4)C3)c(Cl)cc21. The van der Waals surface area contributed by atoms with E-state index in [9.17, 15) is 13.2 Å². The van der Waals surface area contributed by atoms with Crippen LogP contribution in [0.3, 0.4) is 0 Å². The molecule has 154 valence electrons. The molecule has 1 saturated heterocycles. The highest BCUT2D eigenvalue weighted by Crippen LogP contribution is 2.30. The van der Waals surface area contributed by atoms with Gasteiger partial charge < -0.3 is 13.9 Å². The Labute approximate surface area is 172 Å². The van der Waals surface area contributed by atoms with Crippen LogP contribution in [0.15, 0.2) is 56.6 Å². The van der Waals surface area contributed by atoms with Gasteiger partial charge in [0.15, 0.2) is 5.58 Å². The average Bonchev–Trinajstić information content (AvgIpc) is 3.00. The van der Waals surface area contributed by atoms with Crippen molar-refractivity contribution in [3.63, 3.8) is 0 Å². The maximum atomic E-state index is 13.2. The lowest BCUT2D eigenvalue weighted by atomic mass is 10.3. The molecule has 0 N–H and O–H groups in total. The highest BCUT2D eigenvalue weighted by molar-refractivity contribution is 7.89. The Morgan fingerprint density at radius 2 is 2.00 bits per heavy atom. The molecule has 0 amide bonds. The van der Waals surface area contributed by atoms with E-state index in [4.69, 9.17) is 25.5 Å². The van der Waals surface area contributed by atoms with E-state index >= 15 is 0 Å². The van der Waals surface area contributed by atoms with Crippen LogP contribution in [0.2, 0.25) is 5.02 Å². The fourth-order valence-electron chi connectivity index (χ4n) is 3.18. The second kappa shape index (κ2) is 7.83. The van der Waals surface area contributed by atoms with Gasteiger partial charge in [-0.1, -0.05) is 29.8 Å². The number of morpholine rings is 1. The molecule has 8 nitrogen and oxygen atoms in total. The first kappa shape index (κ1) is 20.0. The maximum absolute atomic E-state index is 13.2. The number of oxazole rings is 1. The van der Waals surface area contributed by atoms with Crippen molar-refractivity contribution in [3.05, 3.63) is 58.0 Å². The van der Waals surface area contributed by atoms with Crippen molar-refractivity contribution in [2.75, 3.05) is 26.3 Å². The summed E-state index contributed by atoms with van der Waals surface area (Å²) in [5.74, 6) is 0.0961. The Morgan fingerprint density at radius 3 is 2.76 bits per heavy atom.